The van der Waals surface area contributed by atoms with Gasteiger partial charge in [0.05, 0.1) is 11.6 Å². The largest absolute Gasteiger partial charge is 0.208 e. The van der Waals surface area contributed by atoms with E-state index in [2.05, 4.69) is 103 Å². The minimum absolute atomic E-state index is 0.00662. The number of hydrogen-bond donors (Lipinski definition) is 0. The predicted octanol–water partition coefficient (Wildman–Crippen LogP) is 13.0. The zero-order valence-corrected chi connectivity index (χ0v) is 32.3. The molecule has 58 heavy (non-hydrogen) atoms. The molecule has 0 spiro atoms. The van der Waals surface area contributed by atoms with Crippen LogP contribution in [0.4, 0.5) is 0 Å². The van der Waals surface area contributed by atoms with Gasteiger partial charge in [0.1, 0.15) is 0 Å². The highest BCUT2D eigenvalue weighted by Gasteiger charge is 2.58. The van der Waals surface area contributed by atoms with Crippen LogP contribution in [0.1, 0.15) is 48.8 Å². The first kappa shape index (κ1) is 34.5. The van der Waals surface area contributed by atoms with Crippen molar-refractivity contribution in [2.45, 2.75) is 37.5 Å². The molecule has 0 amide bonds. The molecule has 278 valence electrons. The van der Waals surface area contributed by atoms with Crippen LogP contribution < -0.4 is 0 Å². The first-order valence-electron chi connectivity index (χ1n) is 20.7. The van der Waals surface area contributed by atoms with Gasteiger partial charge in [-0.3, -0.25) is 0 Å². The fraction of sp³-hybridized carbons (Fsp3) is 0.185. The molecule has 7 aromatic carbocycles. The lowest BCUT2D eigenvalue weighted by Crippen LogP contribution is -2.56. The van der Waals surface area contributed by atoms with Crippen molar-refractivity contribution in [2.75, 3.05) is 0 Å². The third kappa shape index (κ3) is 5.76. The standard InChI is InChI=1S/C54H42N4/c55-34-43-23-28-49(50-14-8-7-13-48(43)50)39-21-26-45(27-22-39)54(46-30-35-29-36(32-46)33-47(54)31-35)44-24-19-38(20-25-44)37-15-17-42(18-16-37)53-57-51(40-9-3-1-4-10-40)56-52(58-53)41-11-5-2-6-12-41/h1-28,35-36,46-47H,29-33H2. The second-order valence-electron chi connectivity index (χ2n) is 16.8. The molecule has 4 nitrogen and oxygen atoms in total. The number of hydrogen-bond acceptors (Lipinski definition) is 4. The highest BCUT2D eigenvalue weighted by molar-refractivity contribution is 5.99. The third-order valence-corrected chi connectivity index (χ3v) is 13.7. The molecule has 1 aromatic heterocycles. The van der Waals surface area contributed by atoms with E-state index in [1.54, 1.807) is 0 Å². The van der Waals surface area contributed by atoms with E-state index in [9.17, 15) is 5.26 Å². The van der Waals surface area contributed by atoms with Gasteiger partial charge in [0, 0.05) is 27.5 Å². The Morgan fingerprint density at radius 1 is 0.397 bits per heavy atom. The third-order valence-electron chi connectivity index (χ3n) is 13.7. The minimum atomic E-state index is 0.00662. The van der Waals surface area contributed by atoms with E-state index in [1.807, 2.05) is 72.8 Å². The van der Waals surface area contributed by atoms with Crippen molar-refractivity contribution in [3.05, 3.63) is 187 Å². The van der Waals surface area contributed by atoms with Gasteiger partial charge in [0.15, 0.2) is 17.5 Å². The number of aromatic nitrogens is 3. The summed E-state index contributed by atoms with van der Waals surface area (Å²) in [6.07, 6.45) is 6.73. The molecule has 4 saturated carbocycles. The van der Waals surface area contributed by atoms with Crippen LogP contribution in [0.3, 0.4) is 0 Å². The van der Waals surface area contributed by atoms with Gasteiger partial charge < -0.3 is 0 Å². The highest BCUT2D eigenvalue weighted by Crippen LogP contribution is 2.65. The van der Waals surface area contributed by atoms with Gasteiger partial charge >= 0.3 is 0 Å². The van der Waals surface area contributed by atoms with Gasteiger partial charge in [-0.05, 0) is 101 Å². The monoisotopic (exact) mass is 746 g/mol. The van der Waals surface area contributed by atoms with Crippen LogP contribution in [-0.2, 0) is 5.41 Å². The zero-order valence-electron chi connectivity index (χ0n) is 32.3. The fourth-order valence-corrected chi connectivity index (χ4v) is 11.3. The molecule has 4 fully saturated rings. The first-order chi connectivity index (χ1) is 28.6. The molecule has 0 unspecified atom stereocenters. The molecule has 0 saturated heterocycles. The van der Waals surface area contributed by atoms with Crippen molar-refractivity contribution in [2.24, 2.45) is 23.7 Å². The van der Waals surface area contributed by atoms with E-state index in [0.29, 0.717) is 29.3 Å². The Bertz CT molecular complexity index is 2740. The van der Waals surface area contributed by atoms with Crippen LogP contribution in [0.15, 0.2) is 170 Å². The summed E-state index contributed by atoms with van der Waals surface area (Å²) >= 11 is 0. The van der Waals surface area contributed by atoms with Crippen LogP contribution >= 0.6 is 0 Å². The fourth-order valence-electron chi connectivity index (χ4n) is 11.3. The molecule has 8 aromatic rings. The molecule has 4 aliphatic carbocycles. The Morgan fingerprint density at radius 2 is 0.810 bits per heavy atom. The minimum Gasteiger partial charge on any atom is -0.208 e. The molecule has 4 aliphatic rings. The quantitative estimate of drug-likeness (QED) is 0.163. The van der Waals surface area contributed by atoms with E-state index in [0.717, 1.165) is 44.9 Å². The molecular weight excluding hydrogens is 705 g/mol. The zero-order chi connectivity index (χ0) is 38.6. The summed E-state index contributed by atoms with van der Waals surface area (Å²) in [6, 6.07) is 62.8. The van der Waals surface area contributed by atoms with E-state index < -0.39 is 0 Å². The SMILES string of the molecule is N#Cc1ccc(-c2ccc(C3(c4ccc(-c5ccc(-c6nc(-c7ccccc7)nc(-c7ccccc7)n6)cc5)cc4)C4CC5CC(C4)CC3C5)cc2)c2ccccc12. The van der Waals surface area contributed by atoms with Crippen molar-refractivity contribution in [3.63, 3.8) is 0 Å². The molecule has 0 aliphatic heterocycles. The van der Waals surface area contributed by atoms with Crippen molar-refractivity contribution in [3.8, 4) is 62.5 Å². The average Bonchev–Trinajstić information content (AvgIpc) is 3.29. The summed E-state index contributed by atoms with van der Waals surface area (Å²) in [5, 5.41) is 11.9. The maximum absolute atomic E-state index is 9.78. The lowest BCUT2D eigenvalue weighted by molar-refractivity contribution is -0.0418. The van der Waals surface area contributed by atoms with Gasteiger partial charge in [-0.15, -0.1) is 0 Å². The number of rotatable bonds is 7. The van der Waals surface area contributed by atoms with Gasteiger partial charge in [-0.2, -0.15) is 5.26 Å². The number of benzene rings is 7. The number of fused-ring (bicyclic) bond motifs is 1. The smallest absolute Gasteiger partial charge is 0.164 e. The van der Waals surface area contributed by atoms with Crippen LogP contribution in [-0.4, -0.2) is 15.0 Å². The normalized spacial score (nSPS) is 21.8. The molecule has 0 N–H and O–H groups in total. The summed E-state index contributed by atoms with van der Waals surface area (Å²) in [4.78, 5) is 14.8. The van der Waals surface area contributed by atoms with Gasteiger partial charge in [0.2, 0.25) is 0 Å². The Hall–Kier alpha value is -6.70. The average molecular weight is 747 g/mol. The van der Waals surface area contributed by atoms with E-state index >= 15 is 0 Å². The van der Waals surface area contributed by atoms with Crippen LogP contribution in [0, 0.1) is 35.0 Å². The van der Waals surface area contributed by atoms with Gasteiger partial charge in [-0.1, -0.05) is 164 Å². The first-order valence-corrected chi connectivity index (χ1v) is 20.7. The molecule has 0 radical (unpaired) electrons. The van der Waals surface area contributed by atoms with Crippen LogP contribution in [0.2, 0.25) is 0 Å². The summed E-state index contributed by atoms with van der Waals surface area (Å²) in [5.74, 6) is 5.04. The molecular formula is C54H42N4. The number of nitrogens with zero attached hydrogens (tertiary/aromatic N) is 4. The maximum Gasteiger partial charge on any atom is 0.164 e. The Kier molecular flexibility index (Phi) is 8.36. The lowest BCUT2D eigenvalue weighted by Gasteiger charge is -2.62. The van der Waals surface area contributed by atoms with Crippen molar-refractivity contribution in [1.29, 1.82) is 5.26 Å². The molecule has 4 heteroatoms. The van der Waals surface area contributed by atoms with Crippen LogP contribution in [0.25, 0.3) is 67.2 Å². The maximum atomic E-state index is 9.78. The summed E-state index contributed by atoms with van der Waals surface area (Å²) < 4.78 is 0. The number of nitriles is 1. The Balaban J connectivity index is 0.934. The summed E-state index contributed by atoms with van der Waals surface area (Å²) in [5.41, 5.74) is 11.3. The van der Waals surface area contributed by atoms with Crippen LogP contribution in [0.5, 0.6) is 0 Å². The van der Waals surface area contributed by atoms with Crippen molar-refractivity contribution in [1.82, 2.24) is 15.0 Å². The summed E-state index contributed by atoms with van der Waals surface area (Å²) in [6.45, 7) is 0. The van der Waals surface area contributed by atoms with Crippen molar-refractivity contribution >= 4 is 10.8 Å². The Labute approximate surface area is 340 Å². The molecule has 4 bridgehead atoms. The van der Waals surface area contributed by atoms with E-state index in [-0.39, 0.29) is 5.41 Å². The van der Waals surface area contributed by atoms with E-state index in [1.165, 1.54) is 65.5 Å². The summed E-state index contributed by atoms with van der Waals surface area (Å²) in [7, 11) is 0. The van der Waals surface area contributed by atoms with Gasteiger partial charge in [-0.25, -0.2) is 15.0 Å². The van der Waals surface area contributed by atoms with Crippen molar-refractivity contribution < 1.29 is 0 Å². The predicted molar refractivity (Wildman–Crippen MR) is 233 cm³/mol. The molecule has 1 heterocycles. The molecule has 0 atom stereocenters. The lowest BCUT2D eigenvalue weighted by atomic mass is 9.42. The van der Waals surface area contributed by atoms with E-state index in [4.69, 9.17) is 15.0 Å². The second-order valence-corrected chi connectivity index (χ2v) is 16.8. The highest BCUT2D eigenvalue weighted by atomic mass is 15.0. The Morgan fingerprint density at radius 3 is 1.31 bits per heavy atom. The molecule has 12 rings (SSSR count). The topological polar surface area (TPSA) is 62.5 Å². The second kappa shape index (κ2) is 14.0. The van der Waals surface area contributed by atoms with Gasteiger partial charge in [0.25, 0.3) is 0 Å².